The number of methoxy groups -OCH3 is 1. The highest BCUT2D eigenvalue weighted by Gasteiger charge is 2.49. The number of nitrogens with zero attached hydrogens (tertiary/aromatic N) is 3. The molecule has 1 heterocycles. The van der Waals surface area contributed by atoms with Crippen molar-refractivity contribution in [3.8, 4) is 5.75 Å². The summed E-state index contributed by atoms with van der Waals surface area (Å²) in [6.07, 6.45) is 0. The molecule has 1 fully saturated rings. The molecule has 0 aliphatic carbocycles. The average Bonchev–Trinajstić information content (AvgIpc) is 2.98. The van der Waals surface area contributed by atoms with Crippen molar-refractivity contribution in [3.05, 3.63) is 69.8 Å². The number of imide groups is 1. The molecule has 0 aromatic heterocycles. The van der Waals surface area contributed by atoms with Crippen LogP contribution in [0.3, 0.4) is 0 Å². The molecule has 1 aliphatic rings. The fourth-order valence-electron chi connectivity index (χ4n) is 3.39. The number of hydrogen-bond acceptors (Lipinski definition) is 6. The number of amides is 4. The number of rotatable bonds is 7. The molecule has 2 aromatic rings. The normalized spacial score (nSPS) is 18.0. The van der Waals surface area contributed by atoms with Gasteiger partial charge >= 0.3 is 6.03 Å². The number of hydrogen-bond donors (Lipinski definition) is 1. The highest BCUT2D eigenvalue weighted by molar-refractivity contribution is 6.09. The Morgan fingerprint density at radius 3 is 2.45 bits per heavy atom. The number of urea groups is 1. The highest BCUT2D eigenvalue weighted by atomic mass is 16.6. The molecule has 1 unspecified atom stereocenters. The summed E-state index contributed by atoms with van der Waals surface area (Å²) in [6.45, 7) is 1.31. The van der Waals surface area contributed by atoms with Crippen LogP contribution in [0.5, 0.6) is 5.75 Å². The number of nitrogens with one attached hydrogen (secondary N) is 1. The summed E-state index contributed by atoms with van der Waals surface area (Å²) >= 11 is 0. The van der Waals surface area contributed by atoms with E-state index in [-0.39, 0.29) is 12.2 Å². The highest BCUT2D eigenvalue weighted by Crippen LogP contribution is 2.30. The van der Waals surface area contributed by atoms with Crippen molar-refractivity contribution in [1.29, 1.82) is 0 Å². The van der Waals surface area contributed by atoms with E-state index in [1.165, 1.54) is 43.2 Å². The summed E-state index contributed by atoms with van der Waals surface area (Å²) in [6, 6.07) is 11.9. The summed E-state index contributed by atoms with van der Waals surface area (Å²) in [5, 5.41) is 13.4. The molecule has 1 atom stereocenters. The van der Waals surface area contributed by atoms with Gasteiger partial charge < -0.3 is 15.0 Å². The Kier molecular flexibility index (Phi) is 5.91. The molecule has 0 radical (unpaired) electrons. The largest absolute Gasteiger partial charge is 0.496 e. The van der Waals surface area contributed by atoms with Crippen molar-refractivity contribution in [3.63, 3.8) is 0 Å². The summed E-state index contributed by atoms with van der Waals surface area (Å²) in [4.78, 5) is 50.7. The number of ether oxygens (including phenoxy) is 1. The zero-order chi connectivity index (χ0) is 22.8. The molecule has 1 saturated heterocycles. The van der Waals surface area contributed by atoms with Gasteiger partial charge in [-0.25, -0.2) is 4.79 Å². The van der Waals surface area contributed by atoms with E-state index in [2.05, 4.69) is 5.32 Å². The lowest BCUT2D eigenvalue weighted by molar-refractivity contribution is -0.384. The number of carbonyl (C=O) groups excluding carboxylic acids is 3. The van der Waals surface area contributed by atoms with Crippen LogP contribution in [-0.4, -0.2) is 53.3 Å². The van der Waals surface area contributed by atoms with Gasteiger partial charge in [-0.05, 0) is 30.7 Å². The Balaban J connectivity index is 1.73. The Hall–Kier alpha value is -3.95. The SMILES string of the molecule is COc1ccccc1CN(C)C(=O)CN1C(=O)NC(C)(c2ccc([N+](=O)[O-])cc2)C1=O. The molecular formula is C21H22N4O6. The van der Waals surface area contributed by atoms with E-state index in [1.807, 2.05) is 18.2 Å². The minimum atomic E-state index is -1.42. The first kappa shape index (κ1) is 21.8. The maximum atomic E-state index is 13.0. The standard InChI is InChI=1S/C21H22N4O6/c1-21(15-8-10-16(11-9-15)25(29)30)19(27)24(20(28)22-21)13-18(26)23(2)12-14-6-4-5-7-17(14)31-3/h4-11H,12-13H2,1-3H3,(H,22,28). The Bertz CT molecular complexity index is 1040. The fourth-order valence-corrected chi connectivity index (χ4v) is 3.39. The number of non-ortho nitro benzene ring substituents is 1. The smallest absolute Gasteiger partial charge is 0.325 e. The quantitative estimate of drug-likeness (QED) is 0.411. The first-order valence-corrected chi connectivity index (χ1v) is 9.42. The van der Waals surface area contributed by atoms with Crippen LogP contribution < -0.4 is 10.1 Å². The first-order valence-electron chi connectivity index (χ1n) is 9.42. The second-order valence-electron chi connectivity index (χ2n) is 7.31. The molecule has 0 spiro atoms. The maximum absolute atomic E-state index is 13.0. The van der Waals surface area contributed by atoms with Crippen LogP contribution in [-0.2, 0) is 21.7 Å². The number of benzene rings is 2. The van der Waals surface area contributed by atoms with Crippen molar-refractivity contribution in [2.24, 2.45) is 0 Å². The van der Waals surface area contributed by atoms with Crippen LogP contribution in [0.2, 0.25) is 0 Å². The number of likely N-dealkylation sites (N-methyl/N-ethyl adjacent to an activating group) is 1. The third kappa shape index (κ3) is 4.18. The van der Waals surface area contributed by atoms with Crippen LogP contribution in [0.15, 0.2) is 48.5 Å². The fraction of sp³-hybridized carbons (Fsp3) is 0.286. The van der Waals surface area contributed by atoms with Gasteiger partial charge in [0.1, 0.15) is 17.8 Å². The third-order valence-corrected chi connectivity index (χ3v) is 5.25. The van der Waals surface area contributed by atoms with Gasteiger partial charge in [-0.15, -0.1) is 0 Å². The monoisotopic (exact) mass is 426 g/mol. The van der Waals surface area contributed by atoms with E-state index in [0.29, 0.717) is 11.3 Å². The maximum Gasteiger partial charge on any atom is 0.325 e. The Morgan fingerprint density at radius 1 is 1.19 bits per heavy atom. The molecule has 31 heavy (non-hydrogen) atoms. The van der Waals surface area contributed by atoms with Gasteiger partial charge in [0.15, 0.2) is 0 Å². The molecule has 1 aliphatic heterocycles. The van der Waals surface area contributed by atoms with Gasteiger partial charge in [0.2, 0.25) is 5.91 Å². The van der Waals surface area contributed by atoms with E-state index in [1.54, 1.807) is 13.1 Å². The van der Waals surface area contributed by atoms with E-state index in [0.717, 1.165) is 10.5 Å². The van der Waals surface area contributed by atoms with Gasteiger partial charge in [-0.1, -0.05) is 18.2 Å². The summed E-state index contributed by atoms with van der Waals surface area (Å²) in [5.41, 5.74) is -0.384. The lowest BCUT2D eigenvalue weighted by Crippen LogP contribution is -2.43. The number of para-hydroxylation sites is 1. The minimum absolute atomic E-state index is 0.130. The van der Waals surface area contributed by atoms with Crippen LogP contribution in [0.1, 0.15) is 18.1 Å². The van der Waals surface area contributed by atoms with Crippen molar-refractivity contribution in [1.82, 2.24) is 15.1 Å². The van der Waals surface area contributed by atoms with E-state index in [4.69, 9.17) is 4.74 Å². The Morgan fingerprint density at radius 2 is 1.84 bits per heavy atom. The molecule has 1 N–H and O–H groups in total. The molecule has 3 rings (SSSR count). The molecule has 4 amide bonds. The van der Waals surface area contributed by atoms with E-state index < -0.39 is 34.9 Å². The van der Waals surface area contributed by atoms with Crippen molar-refractivity contribution in [2.75, 3.05) is 20.7 Å². The van der Waals surface area contributed by atoms with Gasteiger partial charge in [-0.3, -0.25) is 24.6 Å². The molecule has 0 bridgehead atoms. The molecule has 10 heteroatoms. The van der Waals surface area contributed by atoms with Crippen LogP contribution in [0, 0.1) is 10.1 Å². The summed E-state index contributed by atoms with van der Waals surface area (Å²) in [7, 11) is 3.11. The third-order valence-electron chi connectivity index (χ3n) is 5.25. The van der Waals surface area contributed by atoms with Gasteiger partial charge in [-0.2, -0.15) is 0 Å². The van der Waals surface area contributed by atoms with Crippen LogP contribution in [0.25, 0.3) is 0 Å². The Labute approximate surface area is 178 Å². The van der Waals surface area contributed by atoms with Gasteiger partial charge in [0.25, 0.3) is 11.6 Å². The van der Waals surface area contributed by atoms with Crippen molar-refractivity contribution >= 4 is 23.5 Å². The topological polar surface area (TPSA) is 122 Å². The van der Waals surface area contributed by atoms with Crippen LogP contribution >= 0.6 is 0 Å². The predicted octanol–water partition coefficient (Wildman–Crippen LogP) is 2.03. The average molecular weight is 426 g/mol. The minimum Gasteiger partial charge on any atom is -0.496 e. The number of nitro groups is 1. The van der Waals surface area contributed by atoms with E-state index in [9.17, 15) is 24.5 Å². The van der Waals surface area contributed by atoms with Crippen molar-refractivity contribution in [2.45, 2.75) is 19.0 Å². The zero-order valence-corrected chi connectivity index (χ0v) is 17.3. The second kappa shape index (κ2) is 8.42. The summed E-state index contributed by atoms with van der Waals surface area (Å²) in [5.74, 6) is -0.407. The van der Waals surface area contributed by atoms with Gasteiger partial charge in [0, 0.05) is 31.3 Å². The van der Waals surface area contributed by atoms with E-state index >= 15 is 0 Å². The first-order chi connectivity index (χ1) is 14.7. The lowest BCUT2D eigenvalue weighted by atomic mass is 9.92. The zero-order valence-electron chi connectivity index (χ0n) is 17.3. The number of nitro benzene ring substituents is 1. The molecular weight excluding hydrogens is 404 g/mol. The summed E-state index contributed by atoms with van der Waals surface area (Å²) < 4.78 is 5.28. The lowest BCUT2D eigenvalue weighted by Gasteiger charge is -2.23. The molecule has 2 aromatic carbocycles. The van der Waals surface area contributed by atoms with Gasteiger partial charge in [0.05, 0.1) is 12.0 Å². The van der Waals surface area contributed by atoms with Crippen LogP contribution in [0.4, 0.5) is 10.5 Å². The molecule has 10 nitrogen and oxygen atoms in total. The van der Waals surface area contributed by atoms with Crippen molar-refractivity contribution < 1.29 is 24.0 Å². The number of carbonyl (C=O) groups is 3. The molecule has 162 valence electrons. The second-order valence-corrected chi connectivity index (χ2v) is 7.31. The molecule has 0 saturated carbocycles. The predicted molar refractivity (Wildman–Crippen MR) is 110 cm³/mol.